The van der Waals surface area contributed by atoms with Crippen LogP contribution in [0.3, 0.4) is 0 Å². The van der Waals surface area contributed by atoms with Crippen molar-refractivity contribution in [2.75, 3.05) is 12.8 Å². The van der Waals surface area contributed by atoms with Crippen LogP contribution in [0.5, 0.6) is 0 Å². The number of nitrogens with two attached hydrogens (primary N) is 1. The average Bonchev–Trinajstić information content (AvgIpc) is 2.56. The highest BCUT2D eigenvalue weighted by Crippen LogP contribution is 2.18. The Bertz CT molecular complexity index is 1110. The number of hydrogen-bond donors (Lipinski definition) is 1. The summed E-state index contributed by atoms with van der Waals surface area (Å²) >= 11 is 0. The minimum absolute atomic E-state index is 0.0186. The first kappa shape index (κ1) is 21.9. The van der Waals surface area contributed by atoms with Crippen LogP contribution in [0.4, 0.5) is 8.78 Å². The largest absolute Gasteiger partial charge is 0.270 e. The molecule has 2 rings (SSSR count). The Hall–Kier alpha value is -2.37. The number of halogens is 2. The second kappa shape index (κ2) is 7.94. The smallest absolute Gasteiger partial charge is 0.268 e. The Labute approximate surface area is 161 Å². The SMILES string of the molecule is Cc1cc(F)c(C(=O)N(CCc2ccc(S(N)(=O)=O)cc2)S(C)(=O)=O)cc1F. The van der Waals surface area contributed by atoms with E-state index in [9.17, 15) is 30.4 Å². The number of carbonyl (C=O) groups excluding carboxylic acids is 1. The van der Waals surface area contributed by atoms with Gasteiger partial charge in [-0.15, -0.1) is 0 Å². The molecular formula is C17H18F2N2O5S2. The first-order valence-electron chi connectivity index (χ1n) is 7.90. The minimum atomic E-state index is -4.07. The van der Waals surface area contributed by atoms with E-state index in [-0.39, 0.29) is 23.4 Å². The van der Waals surface area contributed by atoms with E-state index in [2.05, 4.69) is 0 Å². The van der Waals surface area contributed by atoms with Crippen molar-refractivity contribution in [3.8, 4) is 0 Å². The maximum Gasteiger partial charge on any atom is 0.270 e. The Kier molecular flexibility index (Phi) is 6.21. The molecule has 0 unspecified atom stereocenters. The van der Waals surface area contributed by atoms with E-state index in [4.69, 9.17) is 5.14 Å². The fourth-order valence-corrected chi connectivity index (χ4v) is 3.78. The summed E-state index contributed by atoms with van der Waals surface area (Å²) in [6.07, 6.45) is 0.803. The Morgan fingerprint density at radius 3 is 2.11 bits per heavy atom. The lowest BCUT2D eigenvalue weighted by molar-refractivity contribution is 0.0858. The van der Waals surface area contributed by atoms with Crippen molar-refractivity contribution in [3.63, 3.8) is 0 Å². The Morgan fingerprint density at radius 2 is 1.61 bits per heavy atom. The number of amides is 1. The molecule has 2 aromatic carbocycles. The third-order valence-electron chi connectivity index (χ3n) is 3.96. The van der Waals surface area contributed by atoms with Crippen molar-refractivity contribution in [1.82, 2.24) is 4.31 Å². The zero-order valence-electron chi connectivity index (χ0n) is 15.0. The quantitative estimate of drug-likeness (QED) is 0.744. The van der Waals surface area contributed by atoms with E-state index >= 15 is 0 Å². The summed E-state index contributed by atoms with van der Waals surface area (Å²) in [6, 6.07) is 6.79. The summed E-state index contributed by atoms with van der Waals surface area (Å²) in [5.41, 5.74) is -0.197. The van der Waals surface area contributed by atoms with E-state index in [0.29, 0.717) is 15.9 Å². The van der Waals surface area contributed by atoms with E-state index in [1.165, 1.54) is 31.2 Å². The highest BCUT2D eigenvalue weighted by molar-refractivity contribution is 7.89. The highest BCUT2D eigenvalue weighted by Gasteiger charge is 2.27. The first-order chi connectivity index (χ1) is 12.8. The molecular weight excluding hydrogens is 414 g/mol. The number of sulfonamides is 2. The highest BCUT2D eigenvalue weighted by atomic mass is 32.2. The molecule has 152 valence electrons. The van der Waals surface area contributed by atoms with Crippen LogP contribution in [0.2, 0.25) is 0 Å². The molecule has 0 bridgehead atoms. The lowest BCUT2D eigenvalue weighted by atomic mass is 10.1. The van der Waals surface area contributed by atoms with Gasteiger partial charge in [-0.05, 0) is 48.7 Å². The van der Waals surface area contributed by atoms with Gasteiger partial charge in [0.15, 0.2) is 0 Å². The van der Waals surface area contributed by atoms with Crippen molar-refractivity contribution in [2.24, 2.45) is 5.14 Å². The third kappa shape index (κ3) is 5.12. The van der Waals surface area contributed by atoms with Gasteiger partial charge in [0.1, 0.15) is 11.6 Å². The molecule has 2 N–H and O–H groups in total. The molecule has 0 atom stereocenters. The van der Waals surface area contributed by atoms with Crippen LogP contribution in [0.1, 0.15) is 21.5 Å². The van der Waals surface area contributed by atoms with Crippen molar-refractivity contribution in [1.29, 1.82) is 0 Å². The Morgan fingerprint density at radius 1 is 1.04 bits per heavy atom. The monoisotopic (exact) mass is 432 g/mol. The normalized spacial score (nSPS) is 12.0. The Balaban J connectivity index is 2.28. The summed E-state index contributed by atoms with van der Waals surface area (Å²) in [4.78, 5) is 12.4. The second-order valence-electron chi connectivity index (χ2n) is 6.16. The van der Waals surface area contributed by atoms with E-state index < -0.39 is 43.2 Å². The van der Waals surface area contributed by atoms with E-state index in [1.807, 2.05) is 0 Å². The number of carbonyl (C=O) groups is 1. The molecule has 0 aliphatic heterocycles. The summed E-state index contributed by atoms with van der Waals surface area (Å²) < 4.78 is 74.7. The van der Waals surface area contributed by atoms with E-state index in [1.54, 1.807) is 0 Å². The van der Waals surface area contributed by atoms with Crippen LogP contribution in [0.15, 0.2) is 41.3 Å². The van der Waals surface area contributed by atoms with Gasteiger partial charge in [-0.2, -0.15) is 0 Å². The fourth-order valence-electron chi connectivity index (χ4n) is 2.44. The van der Waals surface area contributed by atoms with Gasteiger partial charge in [0.05, 0.1) is 16.7 Å². The maximum atomic E-state index is 14.1. The lowest BCUT2D eigenvalue weighted by Crippen LogP contribution is -2.38. The van der Waals surface area contributed by atoms with Crippen LogP contribution in [-0.2, 0) is 26.5 Å². The van der Waals surface area contributed by atoms with Crippen LogP contribution in [-0.4, -0.2) is 39.8 Å². The number of primary sulfonamides is 1. The van der Waals surface area contributed by atoms with Gasteiger partial charge in [0, 0.05) is 6.54 Å². The molecule has 7 nitrogen and oxygen atoms in total. The van der Waals surface area contributed by atoms with Crippen molar-refractivity contribution >= 4 is 26.0 Å². The molecule has 0 aliphatic rings. The molecule has 0 radical (unpaired) electrons. The predicted molar refractivity (Wildman–Crippen MR) is 98.5 cm³/mol. The van der Waals surface area contributed by atoms with Gasteiger partial charge in [0.25, 0.3) is 5.91 Å². The number of nitrogens with zero attached hydrogens (tertiary/aromatic N) is 1. The topological polar surface area (TPSA) is 115 Å². The molecule has 11 heteroatoms. The zero-order valence-corrected chi connectivity index (χ0v) is 16.6. The molecule has 1 amide bonds. The number of benzene rings is 2. The van der Waals surface area contributed by atoms with Crippen molar-refractivity contribution in [3.05, 3.63) is 64.7 Å². The predicted octanol–water partition coefficient (Wildman–Crippen LogP) is 1.57. The van der Waals surface area contributed by atoms with Crippen LogP contribution < -0.4 is 5.14 Å². The summed E-state index contributed by atoms with van der Waals surface area (Å²) in [5, 5.41) is 5.00. The molecule has 2 aromatic rings. The summed E-state index contributed by atoms with van der Waals surface area (Å²) in [5.74, 6) is -3.06. The van der Waals surface area contributed by atoms with Crippen molar-refractivity contribution < 1.29 is 30.4 Å². The molecule has 0 fully saturated rings. The van der Waals surface area contributed by atoms with E-state index in [0.717, 1.165) is 12.3 Å². The van der Waals surface area contributed by atoms with Crippen LogP contribution in [0.25, 0.3) is 0 Å². The maximum absolute atomic E-state index is 14.1. The molecule has 0 heterocycles. The molecule has 0 aliphatic carbocycles. The molecule has 28 heavy (non-hydrogen) atoms. The summed E-state index contributed by atoms with van der Waals surface area (Å²) in [6.45, 7) is 0.966. The zero-order chi connectivity index (χ0) is 21.3. The number of hydrogen-bond acceptors (Lipinski definition) is 5. The van der Waals surface area contributed by atoms with Gasteiger partial charge in [-0.1, -0.05) is 12.1 Å². The van der Waals surface area contributed by atoms with Gasteiger partial charge in [-0.3, -0.25) is 4.79 Å². The molecule has 0 aromatic heterocycles. The lowest BCUT2D eigenvalue weighted by Gasteiger charge is -2.21. The van der Waals surface area contributed by atoms with Crippen LogP contribution in [0, 0.1) is 18.6 Å². The molecule has 0 spiro atoms. The molecule has 0 saturated heterocycles. The summed E-state index contributed by atoms with van der Waals surface area (Å²) in [7, 11) is -7.95. The van der Waals surface area contributed by atoms with Crippen molar-refractivity contribution in [2.45, 2.75) is 18.2 Å². The number of aryl methyl sites for hydroxylation is 1. The fraction of sp³-hybridized carbons (Fsp3) is 0.235. The van der Waals surface area contributed by atoms with Crippen LogP contribution >= 0.6 is 0 Å². The second-order valence-corrected chi connectivity index (χ2v) is 9.63. The van der Waals surface area contributed by atoms with Gasteiger partial charge >= 0.3 is 0 Å². The van der Waals surface area contributed by atoms with Gasteiger partial charge in [0.2, 0.25) is 20.0 Å². The minimum Gasteiger partial charge on any atom is -0.268 e. The molecule has 0 saturated carbocycles. The van der Waals surface area contributed by atoms with Gasteiger partial charge < -0.3 is 0 Å². The number of rotatable bonds is 6. The third-order valence-corrected chi connectivity index (χ3v) is 6.04. The first-order valence-corrected chi connectivity index (χ1v) is 11.3. The average molecular weight is 432 g/mol. The van der Waals surface area contributed by atoms with Gasteiger partial charge in [-0.25, -0.2) is 35.1 Å². The standard InChI is InChI=1S/C17H18F2N2O5S2/c1-11-9-16(19)14(10-15(11)18)17(22)21(27(2,23)24)8-7-12-3-5-13(6-4-12)28(20,25)26/h3-6,9-10H,7-8H2,1-2H3,(H2,20,25,26).